The van der Waals surface area contributed by atoms with Crippen LogP contribution in [0.1, 0.15) is 19.0 Å². The van der Waals surface area contributed by atoms with Crippen molar-refractivity contribution in [3.8, 4) is 0 Å². The zero-order valence-electron chi connectivity index (χ0n) is 9.63. The number of thiazole rings is 1. The fraction of sp³-hybridized carbons (Fsp3) is 0.500. The van der Waals surface area contributed by atoms with Crippen molar-refractivity contribution in [2.75, 3.05) is 6.61 Å². The Morgan fingerprint density at radius 2 is 2.59 bits per heavy atom. The quantitative estimate of drug-likeness (QED) is 0.836. The van der Waals surface area contributed by atoms with Gasteiger partial charge in [0.05, 0.1) is 12.1 Å². The molecule has 2 aromatic heterocycles. The van der Waals surface area contributed by atoms with Gasteiger partial charge in [-0.1, -0.05) is 6.92 Å². The fourth-order valence-corrected chi connectivity index (χ4v) is 2.97. The molecule has 0 N–H and O–H groups in total. The van der Waals surface area contributed by atoms with E-state index in [1.807, 2.05) is 22.2 Å². The van der Waals surface area contributed by atoms with Gasteiger partial charge in [-0.15, -0.1) is 11.3 Å². The third-order valence-electron chi connectivity index (χ3n) is 3.20. The van der Waals surface area contributed by atoms with E-state index in [4.69, 9.17) is 4.74 Å². The van der Waals surface area contributed by atoms with Crippen molar-refractivity contribution in [3.63, 3.8) is 0 Å². The van der Waals surface area contributed by atoms with E-state index in [2.05, 4.69) is 11.9 Å². The zero-order chi connectivity index (χ0) is 11.8. The Labute approximate surface area is 103 Å². The molecular weight excluding hydrogens is 236 g/mol. The number of carbonyl (C=O) groups is 1. The minimum atomic E-state index is -0.227. The summed E-state index contributed by atoms with van der Waals surface area (Å²) >= 11 is 1.58. The molecule has 0 aliphatic carbocycles. The maximum absolute atomic E-state index is 12.1. The van der Waals surface area contributed by atoms with E-state index in [0.717, 1.165) is 17.1 Å². The molecule has 3 heterocycles. The number of hydrogen-bond donors (Lipinski definition) is 0. The van der Waals surface area contributed by atoms with Crippen LogP contribution in [0.25, 0.3) is 4.96 Å². The van der Waals surface area contributed by atoms with Gasteiger partial charge >= 0.3 is 0 Å². The Morgan fingerprint density at radius 1 is 1.71 bits per heavy atom. The fourth-order valence-electron chi connectivity index (χ4n) is 2.25. The van der Waals surface area contributed by atoms with Gasteiger partial charge in [0.1, 0.15) is 6.10 Å². The average Bonchev–Trinajstić information content (AvgIpc) is 2.92. The highest BCUT2D eigenvalue weighted by atomic mass is 32.1. The minimum Gasteiger partial charge on any atom is -0.370 e. The lowest BCUT2D eigenvalue weighted by molar-refractivity contribution is -0.128. The Morgan fingerprint density at radius 3 is 3.29 bits per heavy atom. The van der Waals surface area contributed by atoms with Gasteiger partial charge < -0.3 is 4.74 Å². The van der Waals surface area contributed by atoms with Crippen molar-refractivity contribution in [1.82, 2.24) is 9.38 Å². The molecule has 3 rings (SSSR count). The second-order valence-electron chi connectivity index (χ2n) is 4.53. The summed E-state index contributed by atoms with van der Waals surface area (Å²) in [7, 11) is 0. The highest BCUT2D eigenvalue weighted by Gasteiger charge is 2.30. The van der Waals surface area contributed by atoms with Gasteiger partial charge in [0, 0.05) is 24.4 Å². The molecule has 90 valence electrons. The topological polar surface area (TPSA) is 43.6 Å². The Bertz CT molecular complexity index is 517. The molecule has 2 unspecified atom stereocenters. The van der Waals surface area contributed by atoms with Crippen molar-refractivity contribution in [2.24, 2.45) is 5.92 Å². The summed E-state index contributed by atoms with van der Waals surface area (Å²) in [5, 5.41) is 1.98. The number of carbonyl (C=O) groups excluding carboxylic acids is 1. The summed E-state index contributed by atoms with van der Waals surface area (Å²) in [5.74, 6) is 0.493. The summed E-state index contributed by atoms with van der Waals surface area (Å²) in [6, 6.07) is 0. The van der Waals surface area contributed by atoms with E-state index >= 15 is 0 Å². The average molecular weight is 250 g/mol. The van der Waals surface area contributed by atoms with Crippen LogP contribution >= 0.6 is 11.3 Å². The lowest BCUT2D eigenvalue weighted by atomic mass is 9.98. The predicted octanol–water partition coefficient (Wildman–Crippen LogP) is 1.93. The number of rotatable bonds is 3. The lowest BCUT2D eigenvalue weighted by Gasteiger charge is -2.11. The van der Waals surface area contributed by atoms with E-state index in [0.29, 0.717) is 18.9 Å². The van der Waals surface area contributed by atoms with Crippen LogP contribution in [0.2, 0.25) is 0 Å². The molecule has 1 aliphatic rings. The number of imidazole rings is 1. The molecule has 1 fully saturated rings. The minimum absolute atomic E-state index is 0.153. The van der Waals surface area contributed by atoms with Crippen LogP contribution in [0.15, 0.2) is 17.8 Å². The number of nitrogens with zero attached hydrogens (tertiary/aromatic N) is 2. The molecular formula is C12H14N2O2S. The first-order valence-electron chi connectivity index (χ1n) is 5.79. The third-order valence-corrected chi connectivity index (χ3v) is 3.97. The number of fused-ring (bicyclic) bond motifs is 1. The van der Waals surface area contributed by atoms with Crippen LogP contribution in [-0.4, -0.2) is 27.9 Å². The van der Waals surface area contributed by atoms with Crippen LogP contribution in [0.4, 0.5) is 0 Å². The van der Waals surface area contributed by atoms with Gasteiger partial charge in [-0.05, 0) is 12.3 Å². The maximum atomic E-state index is 12.1. The molecule has 2 aromatic rings. The molecule has 17 heavy (non-hydrogen) atoms. The SMILES string of the molecule is CC1CCOC1C(=O)Cc1cn2ccsc2n1. The number of Topliss-reactive ketones (excluding diaryl/α,β-unsaturated/α-hetero) is 1. The highest BCUT2D eigenvalue weighted by molar-refractivity contribution is 7.15. The Hall–Kier alpha value is -1.20. The first-order valence-corrected chi connectivity index (χ1v) is 6.67. The molecule has 5 heteroatoms. The lowest BCUT2D eigenvalue weighted by Crippen LogP contribution is -2.26. The summed E-state index contributed by atoms with van der Waals surface area (Å²) in [6.45, 7) is 2.77. The molecule has 0 aromatic carbocycles. The second kappa shape index (κ2) is 4.23. The highest BCUT2D eigenvalue weighted by Crippen LogP contribution is 2.22. The molecule has 2 atom stereocenters. The first kappa shape index (κ1) is 10.9. The van der Waals surface area contributed by atoms with Crippen molar-refractivity contribution >= 4 is 22.1 Å². The van der Waals surface area contributed by atoms with E-state index in [9.17, 15) is 4.79 Å². The van der Waals surface area contributed by atoms with Crippen molar-refractivity contribution in [3.05, 3.63) is 23.5 Å². The van der Waals surface area contributed by atoms with Gasteiger partial charge in [-0.25, -0.2) is 4.98 Å². The zero-order valence-corrected chi connectivity index (χ0v) is 10.4. The standard InChI is InChI=1S/C12H14N2O2S/c1-8-2-4-16-11(8)10(15)6-9-7-14-3-5-17-12(14)13-9/h3,5,7-8,11H,2,4,6H2,1H3. The molecule has 0 saturated carbocycles. The number of ether oxygens (including phenoxy) is 1. The molecule has 1 saturated heterocycles. The van der Waals surface area contributed by atoms with Gasteiger partial charge in [0.25, 0.3) is 0 Å². The van der Waals surface area contributed by atoms with E-state index in [1.165, 1.54) is 0 Å². The van der Waals surface area contributed by atoms with Gasteiger partial charge in [0.2, 0.25) is 0 Å². The molecule has 4 nitrogen and oxygen atoms in total. The van der Waals surface area contributed by atoms with Crippen LogP contribution in [0.5, 0.6) is 0 Å². The summed E-state index contributed by atoms with van der Waals surface area (Å²) in [4.78, 5) is 17.4. The van der Waals surface area contributed by atoms with Crippen molar-refractivity contribution in [2.45, 2.75) is 25.9 Å². The van der Waals surface area contributed by atoms with Crippen molar-refractivity contribution < 1.29 is 9.53 Å². The normalized spacial score (nSPS) is 24.5. The van der Waals surface area contributed by atoms with E-state index in [1.54, 1.807) is 11.3 Å². The predicted molar refractivity (Wildman–Crippen MR) is 65.3 cm³/mol. The van der Waals surface area contributed by atoms with Gasteiger partial charge in [0.15, 0.2) is 10.7 Å². The third kappa shape index (κ3) is 2.00. The molecule has 0 bridgehead atoms. The summed E-state index contributed by atoms with van der Waals surface area (Å²) < 4.78 is 7.42. The smallest absolute Gasteiger partial charge is 0.193 e. The van der Waals surface area contributed by atoms with E-state index in [-0.39, 0.29) is 11.9 Å². The number of aromatic nitrogens is 2. The molecule has 0 radical (unpaired) electrons. The Kier molecular flexibility index (Phi) is 2.72. The molecule has 1 aliphatic heterocycles. The molecule has 0 amide bonds. The van der Waals surface area contributed by atoms with Crippen LogP contribution in [0.3, 0.4) is 0 Å². The molecule has 0 spiro atoms. The number of hydrogen-bond acceptors (Lipinski definition) is 4. The Balaban J connectivity index is 1.74. The van der Waals surface area contributed by atoms with Crippen LogP contribution in [0, 0.1) is 5.92 Å². The first-order chi connectivity index (χ1) is 8.24. The largest absolute Gasteiger partial charge is 0.370 e. The monoisotopic (exact) mass is 250 g/mol. The summed E-state index contributed by atoms with van der Waals surface area (Å²) in [5.41, 5.74) is 0.838. The second-order valence-corrected chi connectivity index (χ2v) is 5.40. The summed E-state index contributed by atoms with van der Waals surface area (Å²) in [6.07, 6.45) is 5.01. The maximum Gasteiger partial charge on any atom is 0.193 e. The van der Waals surface area contributed by atoms with Crippen LogP contribution in [-0.2, 0) is 16.0 Å². The van der Waals surface area contributed by atoms with E-state index < -0.39 is 0 Å². The van der Waals surface area contributed by atoms with Crippen molar-refractivity contribution in [1.29, 1.82) is 0 Å². The number of ketones is 1. The van der Waals surface area contributed by atoms with Gasteiger partial charge in [-0.2, -0.15) is 0 Å². The van der Waals surface area contributed by atoms with Gasteiger partial charge in [-0.3, -0.25) is 9.20 Å². The van der Waals surface area contributed by atoms with Crippen LogP contribution < -0.4 is 0 Å².